The molecule has 0 amide bonds. The fourth-order valence-electron chi connectivity index (χ4n) is 3.29. The molecule has 0 radical (unpaired) electrons. The highest BCUT2D eigenvalue weighted by Gasteiger charge is 2.34. The molecule has 2 N–H and O–H groups in total. The Morgan fingerprint density at radius 2 is 2.35 bits per heavy atom. The van der Waals surface area contributed by atoms with Crippen molar-refractivity contribution in [3.63, 3.8) is 0 Å². The van der Waals surface area contributed by atoms with Gasteiger partial charge in [-0.05, 0) is 25.2 Å². The predicted octanol–water partition coefficient (Wildman–Crippen LogP) is 2.15. The summed E-state index contributed by atoms with van der Waals surface area (Å²) in [6.45, 7) is 2.07. The van der Waals surface area contributed by atoms with E-state index in [4.69, 9.17) is 0 Å². The molecule has 3 atom stereocenters. The molecule has 2 heterocycles. The van der Waals surface area contributed by atoms with Crippen molar-refractivity contribution in [3.8, 4) is 0 Å². The highest BCUT2D eigenvalue weighted by molar-refractivity contribution is 7.09. The molecule has 1 saturated carbocycles. The Balaban J connectivity index is 1.41. The van der Waals surface area contributed by atoms with E-state index in [0.29, 0.717) is 6.04 Å². The number of nitrogens with zero attached hydrogens (tertiary/aromatic N) is 1. The van der Waals surface area contributed by atoms with Crippen molar-refractivity contribution in [2.75, 3.05) is 6.54 Å². The summed E-state index contributed by atoms with van der Waals surface area (Å²) < 4.78 is 0. The van der Waals surface area contributed by atoms with Crippen LogP contribution in [0, 0.1) is 5.92 Å². The van der Waals surface area contributed by atoms with E-state index in [1.807, 2.05) is 11.7 Å². The Morgan fingerprint density at radius 1 is 1.41 bits per heavy atom. The molecule has 17 heavy (non-hydrogen) atoms. The van der Waals surface area contributed by atoms with Gasteiger partial charge in [0, 0.05) is 36.2 Å². The first-order valence-corrected chi connectivity index (χ1v) is 7.64. The zero-order valence-corrected chi connectivity index (χ0v) is 11.0. The standard InChI is InChI=1S/C13H21N3S/c1-2-4-13-10(3-1)5-11(16-13)6-14-7-12-8-15-9-17-12/h8-11,13-14,16H,1-7H2. The van der Waals surface area contributed by atoms with Gasteiger partial charge in [-0.2, -0.15) is 0 Å². The third-order valence-corrected chi connectivity index (χ3v) is 4.90. The number of fused-ring (bicyclic) bond motifs is 1. The van der Waals surface area contributed by atoms with Crippen LogP contribution in [0.3, 0.4) is 0 Å². The van der Waals surface area contributed by atoms with Gasteiger partial charge in [-0.1, -0.05) is 12.8 Å². The summed E-state index contributed by atoms with van der Waals surface area (Å²) in [7, 11) is 0. The van der Waals surface area contributed by atoms with Crippen molar-refractivity contribution in [3.05, 3.63) is 16.6 Å². The largest absolute Gasteiger partial charge is 0.310 e. The van der Waals surface area contributed by atoms with Crippen LogP contribution in [0.25, 0.3) is 0 Å². The van der Waals surface area contributed by atoms with Gasteiger partial charge in [0.05, 0.1) is 5.51 Å². The fourth-order valence-corrected chi connectivity index (χ4v) is 3.85. The van der Waals surface area contributed by atoms with Gasteiger partial charge in [0.1, 0.15) is 0 Å². The molecule has 0 spiro atoms. The zero-order chi connectivity index (χ0) is 11.5. The van der Waals surface area contributed by atoms with Gasteiger partial charge in [0.25, 0.3) is 0 Å². The number of rotatable bonds is 4. The Hall–Kier alpha value is -0.450. The van der Waals surface area contributed by atoms with Crippen LogP contribution in [-0.4, -0.2) is 23.6 Å². The van der Waals surface area contributed by atoms with Crippen LogP contribution in [0.2, 0.25) is 0 Å². The molecule has 4 heteroatoms. The van der Waals surface area contributed by atoms with Crippen LogP contribution in [-0.2, 0) is 6.54 Å². The van der Waals surface area contributed by atoms with Crippen molar-refractivity contribution >= 4 is 11.3 Å². The maximum Gasteiger partial charge on any atom is 0.0794 e. The third-order valence-electron chi connectivity index (χ3n) is 4.12. The summed E-state index contributed by atoms with van der Waals surface area (Å²) >= 11 is 1.73. The Morgan fingerprint density at radius 3 is 3.18 bits per heavy atom. The molecule has 2 fully saturated rings. The average Bonchev–Trinajstić information content (AvgIpc) is 2.96. The summed E-state index contributed by atoms with van der Waals surface area (Å²) in [4.78, 5) is 5.43. The second-order valence-corrected chi connectivity index (χ2v) is 6.32. The van der Waals surface area contributed by atoms with E-state index in [1.165, 1.54) is 37.0 Å². The number of aromatic nitrogens is 1. The molecule has 94 valence electrons. The quantitative estimate of drug-likeness (QED) is 0.861. The molecular weight excluding hydrogens is 230 g/mol. The highest BCUT2D eigenvalue weighted by atomic mass is 32.1. The molecular formula is C13H21N3S. The van der Waals surface area contributed by atoms with Gasteiger partial charge in [-0.15, -0.1) is 11.3 Å². The van der Waals surface area contributed by atoms with Crippen LogP contribution in [0.1, 0.15) is 37.0 Å². The first-order chi connectivity index (χ1) is 8.42. The lowest BCUT2D eigenvalue weighted by Gasteiger charge is -2.24. The number of hydrogen-bond acceptors (Lipinski definition) is 4. The Kier molecular flexibility index (Phi) is 3.74. The topological polar surface area (TPSA) is 37.0 Å². The minimum absolute atomic E-state index is 0.691. The van der Waals surface area contributed by atoms with Crippen molar-refractivity contribution in [2.45, 2.75) is 50.7 Å². The van der Waals surface area contributed by atoms with E-state index in [2.05, 4.69) is 15.6 Å². The Bertz CT molecular complexity index is 324. The fraction of sp³-hybridized carbons (Fsp3) is 0.769. The normalized spacial score (nSPS) is 32.6. The molecule has 2 aliphatic rings. The number of nitrogens with one attached hydrogen (secondary N) is 2. The summed E-state index contributed by atoms with van der Waals surface area (Å²) in [5.41, 5.74) is 1.90. The first kappa shape index (κ1) is 11.6. The van der Waals surface area contributed by atoms with E-state index < -0.39 is 0 Å². The van der Waals surface area contributed by atoms with Gasteiger partial charge in [-0.3, -0.25) is 4.98 Å². The summed E-state index contributed by atoms with van der Waals surface area (Å²) in [6.07, 6.45) is 9.05. The van der Waals surface area contributed by atoms with Gasteiger partial charge in [-0.25, -0.2) is 0 Å². The van der Waals surface area contributed by atoms with Crippen LogP contribution in [0.15, 0.2) is 11.7 Å². The SMILES string of the molecule is c1ncc(CNCC2CC3CCCCC3N2)s1. The van der Waals surface area contributed by atoms with Crippen molar-refractivity contribution in [1.82, 2.24) is 15.6 Å². The molecule has 1 saturated heterocycles. The lowest BCUT2D eigenvalue weighted by atomic mass is 9.85. The van der Waals surface area contributed by atoms with Crippen molar-refractivity contribution in [1.29, 1.82) is 0 Å². The second-order valence-electron chi connectivity index (χ2n) is 5.35. The summed E-state index contributed by atoms with van der Waals surface area (Å²) in [6, 6.07) is 1.51. The summed E-state index contributed by atoms with van der Waals surface area (Å²) in [5.74, 6) is 0.957. The molecule has 0 bridgehead atoms. The maximum absolute atomic E-state index is 4.09. The second kappa shape index (κ2) is 5.46. The number of hydrogen-bond donors (Lipinski definition) is 2. The van der Waals surface area contributed by atoms with E-state index in [0.717, 1.165) is 25.0 Å². The molecule has 0 aromatic carbocycles. The van der Waals surface area contributed by atoms with Gasteiger partial charge in [0.15, 0.2) is 0 Å². The maximum atomic E-state index is 4.09. The first-order valence-electron chi connectivity index (χ1n) is 6.76. The van der Waals surface area contributed by atoms with E-state index >= 15 is 0 Å². The van der Waals surface area contributed by atoms with E-state index in [1.54, 1.807) is 11.3 Å². The smallest absolute Gasteiger partial charge is 0.0794 e. The number of thiazole rings is 1. The zero-order valence-electron chi connectivity index (χ0n) is 10.2. The molecule has 3 nitrogen and oxygen atoms in total. The molecule has 3 unspecified atom stereocenters. The van der Waals surface area contributed by atoms with Crippen molar-refractivity contribution in [2.24, 2.45) is 5.92 Å². The minimum Gasteiger partial charge on any atom is -0.310 e. The predicted molar refractivity (Wildman–Crippen MR) is 71.1 cm³/mol. The minimum atomic E-state index is 0.691. The van der Waals surface area contributed by atoms with Crippen molar-refractivity contribution < 1.29 is 0 Å². The third kappa shape index (κ3) is 2.87. The average molecular weight is 251 g/mol. The van der Waals surface area contributed by atoms with Gasteiger partial charge in [0.2, 0.25) is 0 Å². The van der Waals surface area contributed by atoms with E-state index in [9.17, 15) is 0 Å². The van der Waals surface area contributed by atoms with Crippen LogP contribution >= 0.6 is 11.3 Å². The van der Waals surface area contributed by atoms with E-state index in [-0.39, 0.29) is 0 Å². The van der Waals surface area contributed by atoms with Crippen LogP contribution < -0.4 is 10.6 Å². The van der Waals surface area contributed by atoms with Gasteiger partial charge < -0.3 is 10.6 Å². The molecule has 3 rings (SSSR count). The Labute approximate surface area is 107 Å². The monoisotopic (exact) mass is 251 g/mol. The van der Waals surface area contributed by atoms with Gasteiger partial charge >= 0.3 is 0 Å². The lowest BCUT2D eigenvalue weighted by molar-refractivity contribution is 0.325. The summed E-state index contributed by atoms with van der Waals surface area (Å²) in [5, 5.41) is 7.35. The molecule has 1 aromatic heterocycles. The lowest BCUT2D eigenvalue weighted by Crippen LogP contribution is -2.38. The molecule has 1 aliphatic carbocycles. The highest BCUT2D eigenvalue weighted by Crippen LogP contribution is 2.32. The molecule has 1 aliphatic heterocycles. The van der Waals surface area contributed by atoms with Crippen LogP contribution in [0.4, 0.5) is 0 Å². The molecule has 1 aromatic rings. The van der Waals surface area contributed by atoms with Crippen LogP contribution in [0.5, 0.6) is 0 Å².